The maximum absolute atomic E-state index is 12.4. The molecule has 1 heterocycles. The Labute approximate surface area is 183 Å². The lowest BCUT2D eigenvalue weighted by Crippen LogP contribution is -2.13. The molecule has 1 N–H and O–H groups in total. The van der Waals surface area contributed by atoms with Crippen molar-refractivity contribution < 1.29 is 17.9 Å². The van der Waals surface area contributed by atoms with Crippen LogP contribution in [0.1, 0.15) is 18.1 Å². The summed E-state index contributed by atoms with van der Waals surface area (Å²) >= 11 is 0.734. The summed E-state index contributed by atoms with van der Waals surface area (Å²) in [6.45, 7) is 1.91. The summed E-state index contributed by atoms with van der Waals surface area (Å²) in [5.74, 6) is -0.197. The zero-order valence-electron chi connectivity index (χ0n) is 16.5. The quantitative estimate of drug-likeness (QED) is 0.408. The number of hydrogen-bond donors (Lipinski definition) is 1. The molecule has 0 unspecified atom stereocenters. The van der Waals surface area contributed by atoms with E-state index in [-0.39, 0.29) is 21.6 Å². The molecular formula is C21H18N4O4S2. The molecule has 31 heavy (non-hydrogen) atoms. The van der Waals surface area contributed by atoms with Crippen molar-refractivity contribution in [3.8, 4) is 11.8 Å². The van der Waals surface area contributed by atoms with Crippen LogP contribution in [0.4, 0.5) is 5.13 Å². The number of amides is 1. The predicted octanol–water partition coefficient (Wildman–Crippen LogP) is 3.46. The van der Waals surface area contributed by atoms with E-state index in [1.165, 1.54) is 13.0 Å². The molecule has 0 fully saturated rings. The van der Waals surface area contributed by atoms with Gasteiger partial charge in [-0.25, -0.2) is 8.42 Å². The lowest BCUT2D eigenvalue weighted by Gasteiger charge is -2.06. The molecule has 1 aromatic heterocycles. The summed E-state index contributed by atoms with van der Waals surface area (Å²) in [6, 6.07) is 18.5. The third-order valence-corrected chi connectivity index (χ3v) is 6.34. The van der Waals surface area contributed by atoms with Gasteiger partial charge in [0.05, 0.1) is 5.75 Å². The number of rotatable bonds is 8. The topological polar surface area (TPSA) is 122 Å². The van der Waals surface area contributed by atoms with E-state index >= 15 is 0 Å². The molecule has 8 nitrogen and oxygen atoms in total. The normalized spacial score (nSPS) is 11.5. The standard InChI is InChI=1S/C21H18N4O4S2/c1-2-31(27,28)21-24-20(30-25-21)23-19(26)17(13-22)12-15-8-10-18(11-9-15)29-14-16-6-4-3-5-7-16/h3-12H,2,14H2,1H3,(H,23,24,25,26). The minimum atomic E-state index is -3.57. The van der Waals surface area contributed by atoms with Crippen LogP contribution < -0.4 is 10.1 Å². The summed E-state index contributed by atoms with van der Waals surface area (Å²) < 4.78 is 33.0. The lowest BCUT2D eigenvalue weighted by molar-refractivity contribution is -0.112. The van der Waals surface area contributed by atoms with Crippen LogP contribution >= 0.6 is 11.5 Å². The van der Waals surface area contributed by atoms with Crippen LogP contribution in [0.2, 0.25) is 0 Å². The number of hydrogen-bond acceptors (Lipinski definition) is 8. The molecule has 0 atom stereocenters. The highest BCUT2D eigenvalue weighted by Gasteiger charge is 2.20. The molecule has 2 aromatic carbocycles. The molecule has 0 aliphatic heterocycles. The van der Waals surface area contributed by atoms with Crippen molar-refractivity contribution in [3.63, 3.8) is 0 Å². The zero-order chi connectivity index (χ0) is 22.3. The number of carbonyl (C=O) groups is 1. The zero-order valence-corrected chi connectivity index (χ0v) is 18.1. The number of nitriles is 1. The van der Waals surface area contributed by atoms with Gasteiger partial charge in [0.1, 0.15) is 24.0 Å². The Bertz CT molecular complexity index is 1230. The minimum absolute atomic E-state index is 0.00262. The van der Waals surface area contributed by atoms with E-state index in [9.17, 15) is 18.5 Å². The van der Waals surface area contributed by atoms with Crippen LogP contribution in [0.15, 0.2) is 65.3 Å². The van der Waals surface area contributed by atoms with Gasteiger partial charge in [-0.2, -0.15) is 14.6 Å². The number of ether oxygens (including phenoxy) is 1. The summed E-state index contributed by atoms with van der Waals surface area (Å²) in [7, 11) is -3.57. The van der Waals surface area contributed by atoms with Gasteiger partial charge in [-0.05, 0) is 29.3 Å². The summed E-state index contributed by atoms with van der Waals surface area (Å²) in [5.41, 5.74) is 1.51. The summed E-state index contributed by atoms with van der Waals surface area (Å²) in [6.07, 6.45) is 1.42. The van der Waals surface area contributed by atoms with E-state index in [0.29, 0.717) is 17.9 Å². The second-order valence-electron chi connectivity index (χ2n) is 6.25. The van der Waals surface area contributed by atoms with Gasteiger partial charge in [0.2, 0.25) is 15.0 Å². The molecule has 0 bridgehead atoms. The fourth-order valence-electron chi connectivity index (χ4n) is 2.40. The summed E-state index contributed by atoms with van der Waals surface area (Å²) in [5, 5.41) is 11.4. The fraction of sp³-hybridized carbons (Fsp3) is 0.143. The summed E-state index contributed by atoms with van der Waals surface area (Å²) in [4.78, 5) is 16.2. The first-order valence-corrected chi connectivity index (χ1v) is 11.6. The van der Waals surface area contributed by atoms with Crippen LogP contribution in [0.3, 0.4) is 0 Å². The highest BCUT2D eigenvalue weighted by molar-refractivity contribution is 7.91. The lowest BCUT2D eigenvalue weighted by atomic mass is 10.1. The predicted molar refractivity (Wildman–Crippen MR) is 117 cm³/mol. The first-order valence-electron chi connectivity index (χ1n) is 9.17. The molecular weight excluding hydrogens is 436 g/mol. The number of nitrogens with one attached hydrogen (secondary N) is 1. The van der Waals surface area contributed by atoms with Crippen molar-refractivity contribution >= 4 is 38.5 Å². The van der Waals surface area contributed by atoms with E-state index in [1.54, 1.807) is 24.3 Å². The van der Waals surface area contributed by atoms with Gasteiger partial charge in [0, 0.05) is 11.5 Å². The van der Waals surface area contributed by atoms with Crippen molar-refractivity contribution in [1.82, 2.24) is 9.36 Å². The molecule has 0 saturated heterocycles. The maximum Gasteiger partial charge on any atom is 0.268 e. The SMILES string of the molecule is CCS(=O)(=O)c1nsc(NC(=O)C(C#N)=Cc2ccc(OCc3ccccc3)cc2)n1. The van der Waals surface area contributed by atoms with Crippen molar-refractivity contribution in [2.24, 2.45) is 0 Å². The smallest absolute Gasteiger partial charge is 0.268 e. The Balaban J connectivity index is 1.65. The molecule has 10 heteroatoms. The van der Waals surface area contributed by atoms with E-state index in [4.69, 9.17) is 4.74 Å². The van der Waals surface area contributed by atoms with Crippen LogP contribution in [0, 0.1) is 11.3 Å². The number of aromatic nitrogens is 2. The first kappa shape index (κ1) is 22.1. The molecule has 0 spiro atoms. The molecule has 3 rings (SSSR count). The molecule has 3 aromatic rings. The van der Waals surface area contributed by atoms with Crippen molar-refractivity contribution in [3.05, 3.63) is 71.3 Å². The molecule has 0 aliphatic carbocycles. The van der Waals surface area contributed by atoms with Gasteiger partial charge in [-0.1, -0.05) is 49.4 Å². The first-order chi connectivity index (χ1) is 14.9. The Kier molecular flexibility index (Phi) is 7.12. The van der Waals surface area contributed by atoms with Gasteiger partial charge < -0.3 is 4.74 Å². The van der Waals surface area contributed by atoms with Gasteiger partial charge >= 0.3 is 0 Å². The van der Waals surface area contributed by atoms with Crippen LogP contribution in [-0.2, 0) is 21.2 Å². The van der Waals surface area contributed by atoms with Gasteiger partial charge in [0.15, 0.2) is 0 Å². The largest absolute Gasteiger partial charge is 0.489 e. The second-order valence-corrected chi connectivity index (χ2v) is 9.18. The number of anilines is 1. The van der Waals surface area contributed by atoms with Crippen LogP contribution in [-0.4, -0.2) is 29.4 Å². The van der Waals surface area contributed by atoms with E-state index in [0.717, 1.165) is 17.1 Å². The third-order valence-electron chi connectivity index (χ3n) is 4.09. The monoisotopic (exact) mass is 454 g/mol. The molecule has 0 radical (unpaired) electrons. The van der Waals surface area contributed by atoms with Gasteiger partial charge in [-0.15, -0.1) is 0 Å². The average molecular weight is 455 g/mol. The second kappa shape index (κ2) is 9.97. The Hall–Kier alpha value is -3.55. The van der Waals surface area contributed by atoms with Gasteiger partial charge in [-0.3, -0.25) is 10.1 Å². The Morgan fingerprint density at radius 1 is 1.19 bits per heavy atom. The highest BCUT2D eigenvalue weighted by atomic mass is 32.2. The van der Waals surface area contributed by atoms with Crippen LogP contribution in [0.25, 0.3) is 6.08 Å². The van der Waals surface area contributed by atoms with E-state index in [1.807, 2.05) is 36.4 Å². The fourth-order valence-corrected chi connectivity index (χ4v) is 3.98. The number of carbonyl (C=O) groups excluding carboxylic acids is 1. The molecule has 0 aliphatic rings. The molecule has 1 amide bonds. The van der Waals surface area contributed by atoms with E-state index < -0.39 is 15.7 Å². The molecule has 158 valence electrons. The number of benzene rings is 2. The van der Waals surface area contributed by atoms with Gasteiger partial charge in [0.25, 0.3) is 11.1 Å². The van der Waals surface area contributed by atoms with E-state index in [2.05, 4.69) is 14.7 Å². The van der Waals surface area contributed by atoms with Crippen LogP contribution in [0.5, 0.6) is 5.75 Å². The van der Waals surface area contributed by atoms with Crippen molar-refractivity contribution in [1.29, 1.82) is 5.26 Å². The number of nitrogens with zero attached hydrogens (tertiary/aromatic N) is 3. The average Bonchev–Trinajstić information content (AvgIpc) is 3.27. The van der Waals surface area contributed by atoms with Crippen molar-refractivity contribution in [2.75, 3.05) is 11.1 Å². The Morgan fingerprint density at radius 2 is 1.90 bits per heavy atom. The van der Waals surface area contributed by atoms with Crippen molar-refractivity contribution in [2.45, 2.75) is 18.7 Å². The third kappa shape index (κ3) is 5.97. The highest BCUT2D eigenvalue weighted by Crippen LogP contribution is 2.19. The molecule has 0 saturated carbocycles. The number of sulfone groups is 1. The maximum atomic E-state index is 12.4. The Morgan fingerprint density at radius 3 is 2.55 bits per heavy atom. The minimum Gasteiger partial charge on any atom is -0.489 e.